The molecular weight excluding hydrogens is 214 g/mol. The summed E-state index contributed by atoms with van der Waals surface area (Å²) in [4.78, 5) is 10.9. The first kappa shape index (κ1) is 11.3. The number of nitrogens with zero attached hydrogens (tertiary/aromatic N) is 1. The van der Waals surface area contributed by atoms with E-state index in [1.54, 1.807) is 17.7 Å². The molecule has 1 aromatic carbocycles. The zero-order chi connectivity index (χ0) is 12.3. The monoisotopic (exact) mass is 228 g/mol. The Morgan fingerprint density at radius 1 is 1.12 bits per heavy atom. The normalized spacial score (nSPS) is 12.1. The third-order valence-corrected chi connectivity index (χ3v) is 2.73. The zero-order valence-electron chi connectivity index (χ0n) is 9.58. The Kier molecular flexibility index (Phi) is 3.19. The zero-order valence-corrected chi connectivity index (χ0v) is 9.58. The number of carboxylic acids is 1. The second kappa shape index (κ2) is 4.78. The number of carbonyl (C=O) groups is 1. The Bertz CT molecular complexity index is 523. The third-order valence-electron chi connectivity index (χ3n) is 2.73. The van der Waals surface area contributed by atoms with E-state index in [0.717, 1.165) is 11.1 Å². The van der Waals surface area contributed by atoms with E-state index < -0.39 is 12.0 Å². The molecule has 0 saturated carbocycles. The van der Waals surface area contributed by atoms with Crippen molar-refractivity contribution in [1.29, 1.82) is 0 Å². The first-order valence-electron chi connectivity index (χ1n) is 5.47. The van der Waals surface area contributed by atoms with Crippen molar-refractivity contribution in [2.75, 3.05) is 0 Å². The number of benzene rings is 1. The van der Waals surface area contributed by atoms with Gasteiger partial charge in [-0.15, -0.1) is 0 Å². The average molecular weight is 228 g/mol. The van der Waals surface area contributed by atoms with Gasteiger partial charge in [-0.1, -0.05) is 30.3 Å². The van der Waals surface area contributed by atoms with Crippen LogP contribution in [0.15, 0.2) is 54.9 Å². The maximum Gasteiger partial charge on any atom is 0.373 e. The maximum atomic E-state index is 10.9. The minimum absolute atomic E-state index is 0.557. The molecule has 2 aromatic rings. The predicted molar refractivity (Wildman–Crippen MR) is 64.4 cm³/mol. The topological polar surface area (TPSA) is 41.2 Å². The molecule has 1 unspecified atom stereocenters. The van der Waals surface area contributed by atoms with Crippen LogP contribution >= 0.6 is 0 Å². The second-order valence-corrected chi connectivity index (χ2v) is 3.92. The highest BCUT2D eigenvalue weighted by atomic mass is 16.4. The van der Waals surface area contributed by atoms with Crippen molar-refractivity contribution in [2.45, 2.75) is 13.0 Å². The summed E-state index contributed by atoms with van der Waals surface area (Å²) in [6.07, 6.45) is 3.62. The molecule has 0 radical (unpaired) electrons. The van der Waals surface area contributed by atoms with Gasteiger partial charge < -0.3 is 5.11 Å². The van der Waals surface area contributed by atoms with Crippen LogP contribution in [-0.4, -0.2) is 11.1 Å². The predicted octanol–water partition coefficient (Wildman–Crippen LogP) is 2.29. The Morgan fingerprint density at radius 3 is 2.41 bits per heavy atom. The molecular formula is C14H14NO2+. The number of aromatic nitrogens is 1. The summed E-state index contributed by atoms with van der Waals surface area (Å²) in [6.45, 7) is 1.66. The molecule has 0 aliphatic heterocycles. The molecule has 86 valence electrons. The van der Waals surface area contributed by atoms with E-state index in [1.807, 2.05) is 48.7 Å². The molecule has 1 N–H and O–H groups in total. The van der Waals surface area contributed by atoms with Gasteiger partial charge in [0, 0.05) is 18.6 Å². The molecule has 0 aliphatic carbocycles. The standard InChI is InChI=1S/C14H13NO2/c1-11(14(16)17)15-9-5-8-13(10-15)12-6-3-2-4-7-12/h2-11H,1H3/p+1. The van der Waals surface area contributed by atoms with Gasteiger partial charge in [-0.05, 0) is 11.6 Å². The largest absolute Gasteiger partial charge is 0.476 e. The van der Waals surface area contributed by atoms with Gasteiger partial charge in [0.15, 0.2) is 12.4 Å². The molecule has 0 amide bonds. The fraction of sp³-hybridized carbons (Fsp3) is 0.143. The molecule has 3 nitrogen and oxygen atoms in total. The van der Waals surface area contributed by atoms with Gasteiger partial charge in [-0.25, -0.2) is 4.79 Å². The van der Waals surface area contributed by atoms with Crippen LogP contribution < -0.4 is 4.57 Å². The fourth-order valence-corrected chi connectivity index (χ4v) is 1.66. The molecule has 0 aliphatic rings. The van der Waals surface area contributed by atoms with Crippen molar-refractivity contribution in [3.8, 4) is 11.1 Å². The molecule has 1 aromatic heterocycles. The number of carboxylic acid groups (broad SMARTS) is 1. The lowest BCUT2D eigenvalue weighted by Gasteiger charge is -2.04. The van der Waals surface area contributed by atoms with Crippen LogP contribution in [0.4, 0.5) is 0 Å². The van der Waals surface area contributed by atoms with Gasteiger partial charge >= 0.3 is 5.97 Å². The number of rotatable bonds is 3. The van der Waals surface area contributed by atoms with Gasteiger partial charge in [0.05, 0.1) is 0 Å². The minimum atomic E-state index is -0.833. The Hall–Kier alpha value is -2.16. The van der Waals surface area contributed by atoms with Gasteiger partial charge in [0.1, 0.15) is 0 Å². The lowest BCUT2D eigenvalue weighted by Crippen LogP contribution is -2.41. The maximum absolute atomic E-state index is 10.9. The summed E-state index contributed by atoms with van der Waals surface area (Å²) in [5.41, 5.74) is 2.10. The summed E-state index contributed by atoms with van der Waals surface area (Å²) in [7, 11) is 0. The van der Waals surface area contributed by atoms with Crippen LogP contribution in [0.1, 0.15) is 13.0 Å². The minimum Gasteiger partial charge on any atom is -0.476 e. The first-order valence-corrected chi connectivity index (χ1v) is 5.47. The van der Waals surface area contributed by atoms with Crippen LogP contribution in [0.3, 0.4) is 0 Å². The van der Waals surface area contributed by atoms with E-state index in [9.17, 15) is 4.79 Å². The number of aliphatic carboxylic acids is 1. The molecule has 0 fully saturated rings. The average Bonchev–Trinajstić information content (AvgIpc) is 2.39. The summed E-state index contributed by atoms with van der Waals surface area (Å²) in [5, 5.41) is 8.98. The Balaban J connectivity index is 2.39. The number of pyridine rings is 1. The molecule has 0 bridgehead atoms. The fourth-order valence-electron chi connectivity index (χ4n) is 1.66. The Labute approximate surface area is 100.0 Å². The van der Waals surface area contributed by atoms with Gasteiger partial charge in [0.2, 0.25) is 0 Å². The molecule has 17 heavy (non-hydrogen) atoms. The molecule has 2 rings (SSSR count). The van der Waals surface area contributed by atoms with E-state index >= 15 is 0 Å². The second-order valence-electron chi connectivity index (χ2n) is 3.92. The van der Waals surface area contributed by atoms with Crippen LogP contribution in [0, 0.1) is 0 Å². The van der Waals surface area contributed by atoms with Crippen LogP contribution in [0.25, 0.3) is 11.1 Å². The molecule has 0 saturated heterocycles. The third kappa shape index (κ3) is 2.50. The van der Waals surface area contributed by atoms with E-state index in [1.165, 1.54) is 0 Å². The van der Waals surface area contributed by atoms with E-state index in [-0.39, 0.29) is 0 Å². The smallest absolute Gasteiger partial charge is 0.373 e. The highest BCUT2D eigenvalue weighted by Crippen LogP contribution is 2.16. The molecule has 1 heterocycles. The Morgan fingerprint density at radius 2 is 1.76 bits per heavy atom. The van der Waals surface area contributed by atoms with Crippen LogP contribution in [0.5, 0.6) is 0 Å². The summed E-state index contributed by atoms with van der Waals surface area (Å²) in [6, 6.07) is 13.2. The van der Waals surface area contributed by atoms with Crippen LogP contribution in [0.2, 0.25) is 0 Å². The lowest BCUT2D eigenvalue weighted by molar-refractivity contribution is -0.707. The molecule has 0 spiro atoms. The molecule has 1 atom stereocenters. The van der Waals surface area contributed by atoms with E-state index in [0.29, 0.717) is 0 Å². The van der Waals surface area contributed by atoms with Gasteiger partial charge in [-0.2, -0.15) is 4.57 Å². The highest BCUT2D eigenvalue weighted by molar-refractivity contribution is 5.69. The van der Waals surface area contributed by atoms with Gasteiger partial charge in [-0.3, -0.25) is 0 Å². The number of hydrogen-bond donors (Lipinski definition) is 1. The van der Waals surface area contributed by atoms with E-state index in [4.69, 9.17) is 5.11 Å². The SMILES string of the molecule is CC(C(=O)O)[n+]1cccc(-c2ccccc2)c1. The first-order chi connectivity index (χ1) is 8.18. The van der Waals surface area contributed by atoms with E-state index in [2.05, 4.69) is 0 Å². The summed E-state index contributed by atoms with van der Waals surface area (Å²) < 4.78 is 1.70. The molecule has 3 heteroatoms. The van der Waals surface area contributed by atoms with Gasteiger partial charge in [0.25, 0.3) is 6.04 Å². The quantitative estimate of drug-likeness (QED) is 0.819. The van der Waals surface area contributed by atoms with Crippen molar-refractivity contribution in [2.24, 2.45) is 0 Å². The summed E-state index contributed by atoms with van der Waals surface area (Å²) in [5.74, 6) is -0.833. The van der Waals surface area contributed by atoms with Crippen molar-refractivity contribution in [1.82, 2.24) is 0 Å². The van der Waals surface area contributed by atoms with Crippen LogP contribution in [-0.2, 0) is 4.79 Å². The van der Waals surface area contributed by atoms with Crippen molar-refractivity contribution in [3.63, 3.8) is 0 Å². The van der Waals surface area contributed by atoms with Crippen molar-refractivity contribution < 1.29 is 14.5 Å². The van der Waals surface area contributed by atoms with Crippen molar-refractivity contribution >= 4 is 5.97 Å². The lowest BCUT2D eigenvalue weighted by atomic mass is 10.1. The number of hydrogen-bond acceptors (Lipinski definition) is 1. The summed E-state index contributed by atoms with van der Waals surface area (Å²) >= 11 is 0. The highest BCUT2D eigenvalue weighted by Gasteiger charge is 2.20. The van der Waals surface area contributed by atoms with Crippen molar-refractivity contribution in [3.05, 3.63) is 54.9 Å².